The van der Waals surface area contributed by atoms with E-state index in [1.165, 1.54) is 6.26 Å². The molecule has 0 saturated carbocycles. The van der Waals surface area contributed by atoms with Gasteiger partial charge in [0, 0.05) is 10.5 Å². The number of furan rings is 1. The van der Waals surface area contributed by atoms with Gasteiger partial charge in [0.1, 0.15) is 17.8 Å². The Hall–Kier alpha value is -1.75. The van der Waals surface area contributed by atoms with Crippen molar-refractivity contribution in [2.75, 3.05) is 12.4 Å². The number of hydrogen-bond acceptors (Lipinski definition) is 3. The lowest BCUT2D eigenvalue weighted by Gasteiger charge is -2.08. The monoisotopic (exact) mass is 309 g/mol. The van der Waals surface area contributed by atoms with E-state index in [9.17, 15) is 4.79 Å². The molecule has 4 nitrogen and oxygen atoms in total. The van der Waals surface area contributed by atoms with E-state index < -0.39 is 0 Å². The molecule has 1 N–H and O–H groups in total. The normalized spacial score (nSPS) is 10.2. The SMILES string of the molecule is COc1ccc(Br)c(NC(=O)c2coc(C)c2)c1. The highest BCUT2D eigenvalue weighted by molar-refractivity contribution is 9.10. The number of ether oxygens (including phenoxy) is 1. The van der Waals surface area contributed by atoms with E-state index in [1.54, 1.807) is 26.2 Å². The van der Waals surface area contributed by atoms with Crippen LogP contribution in [0.15, 0.2) is 39.4 Å². The number of methoxy groups -OCH3 is 1. The second kappa shape index (κ2) is 5.27. The van der Waals surface area contributed by atoms with E-state index in [2.05, 4.69) is 21.2 Å². The molecule has 5 heteroatoms. The molecule has 1 aromatic carbocycles. The molecule has 2 rings (SSSR count). The fourth-order valence-corrected chi connectivity index (χ4v) is 1.83. The van der Waals surface area contributed by atoms with E-state index in [4.69, 9.17) is 9.15 Å². The first-order chi connectivity index (χ1) is 8.60. The lowest BCUT2D eigenvalue weighted by atomic mass is 10.2. The zero-order chi connectivity index (χ0) is 13.1. The largest absolute Gasteiger partial charge is 0.497 e. The number of nitrogens with one attached hydrogen (secondary N) is 1. The van der Waals surface area contributed by atoms with Crippen molar-refractivity contribution in [1.82, 2.24) is 0 Å². The summed E-state index contributed by atoms with van der Waals surface area (Å²) in [7, 11) is 1.58. The highest BCUT2D eigenvalue weighted by atomic mass is 79.9. The molecule has 0 unspecified atom stereocenters. The summed E-state index contributed by atoms with van der Waals surface area (Å²) in [5.41, 5.74) is 1.14. The second-order valence-electron chi connectivity index (χ2n) is 3.75. The van der Waals surface area contributed by atoms with Gasteiger partial charge in [-0.15, -0.1) is 0 Å². The number of carbonyl (C=O) groups is 1. The number of amides is 1. The number of rotatable bonds is 3. The Morgan fingerprint density at radius 3 is 2.78 bits per heavy atom. The Balaban J connectivity index is 2.21. The molecule has 18 heavy (non-hydrogen) atoms. The van der Waals surface area contributed by atoms with Crippen molar-refractivity contribution in [2.45, 2.75) is 6.92 Å². The van der Waals surface area contributed by atoms with Crippen LogP contribution in [0.2, 0.25) is 0 Å². The molecule has 94 valence electrons. The van der Waals surface area contributed by atoms with E-state index in [1.807, 2.05) is 12.1 Å². The fraction of sp³-hybridized carbons (Fsp3) is 0.154. The summed E-state index contributed by atoms with van der Waals surface area (Å²) in [5.74, 6) is 1.16. The molecule has 1 aromatic heterocycles. The molecule has 1 heterocycles. The van der Waals surface area contributed by atoms with Crippen molar-refractivity contribution < 1.29 is 13.9 Å². The molecule has 0 aliphatic carbocycles. The van der Waals surface area contributed by atoms with Gasteiger partial charge in [-0.1, -0.05) is 0 Å². The van der Waals surface area contributed by atoms with Crippen molar-refractivity contribution in [2.24, 2.45) is 0 Å². The van der Waals surface area contributed by atoms with E-state index in [0.717, 1.165) is 4.47 Å². The predicted octanol–water partition coefficient (Wildman–Crippen LogP) is 3.61. The molecule has 0 spiro atoms. The van der Waals surface area contributed by atoms with E-state index >= 15 is 0 Å². The number of aryl methyl sites for hydroxylation is 1. The predicted molar refractivity (Wildman–Crippen MR) is 72.1 cm³/mol. The summed E-state index contributed by atoms with van der Waals surface area (Å²) in [4.78, 5) is 11.9. The van der Waals surface area contributed by atoms with Crippen LogP contribution in [-0.2, 0) is 0 Å². The minimum absolute atomic E-state index is 0.221. The van der Waals surface area contributed by atoms with Gasteiger partial charge in [0.25, 0.3) is 5.91 Å². The van der Waals surface area contributed by atoms with Crippen LogP contribution in [0.5, 0.6) is 5.75 Å². The van der Waals surface area contributed by atoms with Crippen molar-refractivity contribution >= 4 is 27.5 Å². The first-order valence-electron chi connectivity index (χ1n) is 5.30. The molecule has 2 aromatic rings. The van der Waals surface area contributed by atoms with Crippen LogP contribution in [0.4, 0.5) is 5.69 Å². The quantitative estimate of drug-likeness (QED) is 0.942. The Labute approximate surface area is 113 Å². The first kappa shape index (κ1) is 12.7. The maximum Gasteiger partial charge on any atom is 0.258 e. The smallest absolute Gasteiger partial charge is 0.258 e. The molecular formula is C13H12BrNO3. The van der Waals surface area contributed by atoms with Crippen LogP contribution in [0.25, 0.3) is 0 Å². The van der Waals surface area contributed by atoms with E-state index in [0.29, 0.717) is 22.8 Å². The second-order valence-corrected chi connectivity index (χ2v) is 4.60. The van der Waals surface area contributed by atoms with Crippen LogP contribution in [0.3, 0.4) is 0 Å². The van der Waals surface area contributed by atoms with Gasteiger partial charge < -0.3 is 14.5 Å². The van der Waals surface area contributed by atoms with Crippen LogP contribution < -0.4 is 10.1 Å². The lowest BCUT2D eigenvalue weighted by molar-refractivity contribution is 0.102. The minimum Gasteiger partial charge on any atom is -0.497 e. The summed E-state index contributed by atoms with van der Waals surface area (Å²) in [6, 6.07) is 7.05. The summed E-state index contributed by atoms with van der Waals surface area (Å²) in [5, 5.41) is 2.79. The highest BCUT2D eigenvalue weighted by Crippen LogP contribution is 2.27. The van der Waals surface area contributed by atoms with Gasteiger partial charge in [-0.25, -0.2) is 0 Å². The Bertz CT molecular complexity index is 577. The zero-order valence-electron chi connectivity index (χ0n) is 9.99. The van der Waals surface area contributed by atoms with Crippen molar-refractivity contribution in [3.8, 4) is 5.75 Å². The standard InChI is InChI=1S/C13H12BrNO3/c1-8-5-9(7-18-8)13(16)15-12-6-10(17-2)3-4-11(12)14/h3-7H,1-2H3,(H,15,16). The molecule has 0 fully saturated rings. The fourth-order valence-electron chi connectivity index (χ4n) is 1.48. The maximum atomic E-state index is 11.9. The molecular weight excluding hydrogens is 298 g/mol. The number of halogens is 1. The number of hydrogen-bond donors (Lipinski definition) is 1. The number of benzene rings is 1. The summed E-state index contributed by atoms with van der Waals surface area (Å²) >= 11 is 3.37. The number of carbonyl (C=O) groups excluding carboxylic acids is 1. The molecule has 1 amide bonds. The average Bonchev–Trinajstić information content (AvgIpc) is 2.79. The van der Waals surface area contributed by atoms with Gasteiger partial charge in [0.05, 0.1) is 18.4 Å². The molecule has 0 bridgehead atoms. The third kappa shape index (κ3) is 2.73. The van der Waals surface area contributed by atoms with Gasteiger partial charge in [-0.05, 0) is 41.1 Å². The molecule has 0 aliphatic heterocycles. The Morgan fingerprint density at radius 1 is 1.39 bits per heavy atom. The highest BCUT2D eigenvalue weighted by Gasteiger charge is 2.11. The van der Waals surface area contributed by atoms with Crippen LogP contribution in [0, 0.1) is 6.92 Å². The van der Waals surface area contributed by atoms with Gasteiger partial charge in [-0.3, -0.25) is 4.79 Å². The average molecular weight is 310 g/mol. The zero-order valence-corrected chi connectivity index (χ0v) is 11.6. The number of anilines is 1. The van der Waals surface area contributed by atoms with Crippen molar-refractivity contribution in [3.05, 3.63) is 46.3 Å². The maximum absolute atomic E-state index is 11.9. The first-order valence-corrected chi connectivity index (χ1v) is 6.09. The molecule has 0 radical (unpaired) electrons. The van der Waals surface area contributed by atoms with Gasteiger partial charge in [-0.2, -0.15) is 0 Å². The summed E-state index contributed by atoms with van der Waals surface area (Å²) in [6.45, 7) is 1.79. The molecule has 0 aliphatic rings. The summed E-state index contributed by atoms with van der Waals surface area (Å²) in [6.07, 6.45) is 1.43. The van der Waals surface area contributed by atoms with E-state index in [-0.39, 0.29) is 5.91 Å². The third-order valence-corrected chi connectivity index (χ3v) is 3.11. The lowest BCUT2D eigenvalue weighted by Crippen LogP contribution is -2.11. The van der Waals surface area contributed by atoms with Gasteiger partial charge in [0.15, 0.2) is 0 Å². The minimum atomic E-state index is -0.221. The van der Waals surface area contributed by atoms with Gasteiger partial charge in [0.2, 0.25) is 0 Å². The Kier molecular flexibility index (Phi) is 3.72. The molecule has 0 atom stereocenters. The molecule has 0 saturated heterocycles. The topological polar surface area (TPSA) is 51.5 Å². The van der Waals surface area contributed by atoms with Crippen LogP contribution in [0.1, 0.15) is 16.1 Å². The third-order valence-electron chi connectivity index (χ3n) is 2.41. The summed E-state index contributed by atoms with van der Waals surface area (Å²) < 4.78 is 11.0. The Morgan fingerprint density at radius 2 is 2.17 bits per heavy atom. The van der Waals surface area contributed by atoms with Crippen LogP contribution in [-0.4, -0.2) is 13.0 Å². The van der Waals surface area contributed by atoms with Crippen molar-refractivity contribution in [1.29, 1.82) is 0 Å². The van der Waals surface area contributed by atoms with Crippen LogP contribution >= 0.6 is 15.9 Å². The van der Waals surface area contributed by atoms with Gasteiger partial charge >= 0.3 is 0 Å². The van der Waals surface area contributed by atoms with Crippen molar-refractivity contribution in [3.63, 3.8) is 0 Å².